The van der Waals surface area contributed by atoms with E-state index < -0.39 is 0 Å². The number of nitrogens with zero attached hydrogens (tertiary/aromatic N) is 1. The van der Waals surface area contributed by atoms with Crippen LogP contribution in [-0.4, -0.2) is 43.0 Å². The lowest BCUT2D eigenvalue weighted by Gasteiger charge is -2.30. The van der Waals surface area contributed by atoms with Gasteiger partial charge in [-0.3, -0.25) is 15.6 Å². The highest BCUT2D eigenvalue weighted by molar-refractivity contribution is 5.85. The predicted octanol–water partition coefficient (Wildman–Crippen LogP) is 3.56. The minimum atomic E-state index is -0.190. The highest BCUT2D eigenvalue weighted by atomic mass is 35.5. The number of hydrogen-bond acceptors (Lipinski definition) is 4. The first-order chi connectivity index (χ1) is 13.5. The van der Waals surface area contributed by atoms with E-state index >= 15 is 0 Å². The summed E-state index contributed by atoms with van der Waals surface area (Å²) in [7, 11) is 1.95. The van der Waals surface area contributed by atoms with Crippen LogP contribution in [0.25, 0.3) is 0 Å². The zero-order valence-electron chi connectivity index (χ0n) is 17.6. The standard InChI is InChI=1S/C22H35FN4O.ClH/c1-16-14-18(11-12-24-16)22(28)27(2)13-5-3-4-6-20-15-21(26-25-20)17-7-9-19(23)10-8-17;/h7-10,16,18,20-21,24-26H,3-6,11-15H2,1-2H3;1H/t16-,18-,20?,21?;/m0./s1. The fourth-order valence-electron chi connectivity index (χ4n) is 4.42. The van der Waals surface area contributed by atoms with Crippen LogP contribution in [0.2, 0.25) is 0 Å². The molecule has 2 aliphatic rings. The van der Waals surface area contributed by atoms with Gasteiger partial charge in [0.25, 0.3) is 0 Å². The largest absolute Gasteiger partial charge is 0.346 e. The minimum absolute atomic E-state index is 0. The number of amides is 1. The second-order valence-electron chi connectivity index (χ2n) is 8.51. The molecule has 1 aromatic carbocycles. The maximum Gasteiger partial charge on any atom is 0.225 e. The first-order valence-electron chi connectivity index (χ1n) is 10.8. The van der Waals surface area contributed by atoms with Crippen molar-refractivity contribution in [3.8, 4) is 0 Å². The topological polar surface area (TPSA) is 56.4 Å². The van der Waals surface area contributed by atoms with Gasteiger partial charge in [0.2, 0.25) is 5.91 Å². The van der Waals surface area contributed by atoms with Crippen LogP contribution in [0.3, 0.4) is 0 Å². The molecule has 2 unspecified atom stereocenters. The van der Waals surface area contributed by atoms with Crippen LogP contribution in [0.4, 0.5) is 4.39 Å². The summed E-state index contributed by atoms with van der Waals surface area (Å²) in [5.41, 5.74) is 7.83. The van der Waals surface area contributed by atoms with Gasteiger partial charge in [0.15, 0.2) is 0 Å². The quantitative estimate of drug-likeness (QED) is 0.556. The Kier molecular flexibility index (Phi) is 9.83. The van der Waals surface area contributed by atoms with Crippen molar-refractivity contribution < 1.29 is 9.18 Å². The van der Waals surface area contributed by atoms with Crippen LogP contribution in [0, 0.1) is 11.7 Å². The summed E-state index contributed by atoms with van der Waals surface area (Å²) in [4.78, 5) is 14.5. The van der Waals surface area contributed by atoms with Crippen molar-refractivity contribution in [2.45, 2.75) is 70.0 Å². The van der Waals surface area contributed by atoms with Crippen LogP contribution in [-0.2, 0) is 4.79 Å². The van der Waals surface area contributed by atoms with E-state index in [1.54, 1.807) is 0 Å². The number of carbonyl (C=O) groups excluding carboxylic acids is 1. The van der Waals surface area contributed by atoms with Crippen molar-refractivity contribution in [2.24, 2.45) is 5.92 Å². The zero-order valence-corrected chi connectivity index (χ0v) is 18.4. The molecule has 2 heterocycles. The summed E-state index contributed by atoms with van der Waals surface area (Å²) in [6.07, 6.45) is 7.42. The highest BCUT2D eigenvalue weighted by Gasteiger charge is 2.27. The van der Waals surface area contributed by atoms with E-state index in [0.29, 0.717) is 18.0 Å². The predicted molar refractivity (Wildman–Crippen MR) is 117 cm³/mol. The van der Waals surface area contributed by atoms with E-state index in [9.17, 15) is 9.18 Å². The van der Waals surface area contributed by atoms with Crippen molar-refractivity contribution in [3.63, 3.8) is 0 Å². The molecular weight excluding hydrogens is 391 g/mol. The molecule has 3 rings (SSSR count). The maximum absolute atomic E-state index is 13.1. The first-order valence-corrected chi connectivity index (χ1v) is 10.8. The molecule has 0 saturated carbocycles. The molecule has 2 fully saturated rings. The van der Waals surface area contributed by atoms with Gasteiger partial charge in [-0.05, 0) is 63.3 Å². The number of carbonyl (C=O) groups is 1. The molecule has 164 valence electrons. The second-order valence-corrected chi connectivity index (χ2v) is 8.51. The number of hydrazine groups is 1. The number of benzene rings is 1. The van der Waals surface area contributed by atoms with Crippen LogP contribution < -0.4 is 16.2 Å². The Morgan fingerprint density at radius 3 is 2.62 bits per heavy atom. The molecule has 7 heteroatoms. The lowest BCUT2D eigenvalue weighted by atomic mass is 9.92. The Balaban J connectivity index is 0.00000300. The van der Waals surface area contributed by atoms with Crippen LogP contribution in [0.15, 0.2) is 24.3 Å². The number of halogens is 2. The third-order valence-electron chi connectivity index (χ3n) is 6.15. The fourth-order valence-corrected chi connectivity index (χ4v) is 4.42. The lowest BCUT2D eigenvalue weighted by molar-refractivity contribution is -0.135. The van der Waals surface area contributed by atoms with E-state index in [1.807, 2.05) is 24.1 Å². The Morgan fingerprint density at radius 1 is 1.14 bits per heavy atom. The third-order valence-corrected chi connectivity index (χ3v) is 6.15. The van der Waals surface area contributed by atoms with Gasteiger partial charge in [0, 0.05) is 37.6 Å². The van der Waals surface area contributed by atoms with Crippen LogP contribution >= 0.6 is 12.4 Å². The summed E-state index contributed by atoms with van der Waals surface area (Å²) >= 11 is 0. The van der Waals surface area contributed by atoms with Gasteiger partial charge in [0.05, 0.1) is 0 Å². The Hall–Kier alpha value is -1.21. The average molecular weight is 427 g/mol. The van der Waals surface area contributed by atoms with E-state index in [2.05, 4.69) is 23.1 Å². The first kappa shape index (κ1) is 24.1. The second kappa shape index (κ2) is 11.8. The van der Waals surface area contributed by atoms with Gasteiger partial charge in [-0.15, -0.1) is 12.4 Å². The molecule has 2 saturated heterocycles. The van der Waals surface area contributed by atoms with E-state index in [-0.39, 0.29) is 30.2 Å². The van der Waals surface area contributed by atoms with Crippen molar-refractivity contribution >= 4 is 18.3 Å². The zero-order chi connectivity index (χ0) is 19.9. The summed E-state index contributed by atoms with van der Waals surface area (Å²) < 4.78 is 13.1. The van der Waals surface area contributed by atoms with Gasteiger partial charge in [-0.25, -0.2) is 4.39 Å². The number of nitrogens with one attached hydrogen (secondary N) is 3. The molecule has 1 amide bonds. The molecule has 5 nitrogen and oxygen atoms in total. The Morgan fingerprint density at radius 2 is 1.90 bits per heavy atom. The van der Waals surface area contributed by atoms with Crippen molar-refractivity contribution in [2.75, 3.05) is 20.1 Å². The van der Waals surface area contributed by atoms with Gasteiger partial charge < -0.3 is 10.2 Å². The monoisotopic (exact) mass is 426 g/mol. The smallest absolute Gasteiger partial charge is 0.225 e. The van der Waals surface area contributed by atoms with E-state index in [4.69, 9.17) is 0 Å². The molecule has 0 radical (unpaired) electrons. The molecule has 0 aliphatic carbocycles. The average Bonchev–Trinajstić information content (AvgIpc) is 3.16. The Labute approximate surface area is 180 Å². The van der Waals surface area contributed by atoms with Crippen molar-refractivity contribution in [3.05, 3.63) is 35.6 Å². The van der Waals surface area contributed by atoms with E-state index in [0.717, 1.165) is 63.6 Å². The molecule has 29 heavy (non-hydrogen) atoms. The van der Waals surface area contributed by atoms with Gasteiger partial charge in [-0.2, -0.15) is 0 Å². The molecule has 0 spiro atoms. The molecule has 2 aliphatic heterocycles. The van der Waals surface area contributed by atoms with E-state index in [1.165, 1.54) is 12.1 Å². The highest BCUT2D eigenvalue weighted by Crippen LogP contribution is 2.25. The molecule has 3 N–H and O–H groups in total. The normalized spacial score (nSPS) is 26.7. The molecule has 1 aromatic rings. The summed E-state index contributed by atoms with van der Waals surface area (Å²) in [5, 5.41) is 3.41. The van der Waals surface area contributed by atoms with Crippen molar-refractivity contribution in [1.29, 1.82) is 0 Å². The molecule has 0 aromatic heterocycles. The molecule has 0 bridgehead atoms. The maximum atomic E-state index is 13.1. The van der Waals surface area contributed by atoms with Crippen LogP contribution in [0.1, 0.15) is 63.5 Å². The number of hydrogen-bond donors (Lipinski definition) is 3. The molecule has 4 atom stereocenters. The third kappa shape index (κ3) is 7.21. The number of unbranched alkanes of at least 4 members (excludes halogenated alkanes) is 2. The van der Waals surface area contributed by atoms with Gasteiger partial charge >= 0.3 is 0 Å². The number of rotatable bonds is 8. The summed E-state index contributed by atoms with van der Waals surface area (Å²) in [6.45, 7) is 3.96. The minimum Gasteiger partial charge on any atom is -0.346 e. The number of piperidine rings is 1. The summed E-state index contributed by atoms with van der Waals surface area (Å²) in [6, 6.07) is 7.90. The van der Waals surface area contributed by atoms with Gasteiger partial charge in [-0.1, -0.05) is 25.0 Å². The SMILES string of the molecule is C[C@H]1C[C@@H](C(=O)N(C)CCCCCC2CC(c3ccc(F)cc3)NN2)CCN1.Cl. The Bertz CT molecular complexity index is 630. The summed E-state index contributed by atoms with van der Waals surface area (Å²) in [5.74, 6) is 0.319. The molecular formula is C22H36ClFN4O. The van der Waals surface area contributed by atoms with Crippen LogP contribution in [0.5, 0.6) is 0 Å². The fraction of sp³-hybridized carbons (Fsp3) is 0.682. The lowest BCUT2D eigenvalue weighted by Crippen LogP contribution is -2.43. The van der Waals surface area contributed by atoms with Crippen molar-refractivity contribution in [1.82, 2.24) is 21.1 Å². The van der Waals surface area contributed by atoms with Gasteiger partial charge in [0.1, 0.15) is 5.82 Å².